The number of nitrogens with two attached hydrogens (primary N) is 1. The molecular weight excluding hydrogens is 185 g/mol. The Kier molecular flexibility index (Phi) is 8.28. The van der Waals surface area contributed by atoms with E-state index in [1.807, 2.05) is 0 Å². The summed E-state index contributed by atoms with van der Waals surface area (Å²) in [6.07, 6.45) is 2.24. The molecule has 1 aliphatic rings. The molecule has 68 valence electrons. The molecule has 1 fully saturated rings. The van der Waals surface area contributed by atoms with E-state index in [9.17, 15) is 0 Å². The number of hydrogen-bond acceptors (Lipinski definition) is 2. The molecule has 0 aromatic carbocycles. The van der Waals surface area contributed by atoms with Gasteiger partial charge in [-0.1, -0.05) is 0 Å². The fraction of sp³-hybridized carbons (Fsp3) is 0.833. The summed E-state index contributed by atoms with van der Waals surface area (Å²) in [7, 11) is 0. The van der Waals surface area contributed by atoms with Gasteiger partial charge in [0.2, 0.25) is 0 Å². The maximum absolute atomic E-state index is 7.13. The Bertz CT molecular complexity index is 112. The van der Waals surface area contributed by atoms with Gasteiger partial charge in [0, 0.05) is 12.5 Å². The van der Waals surface area contributed by atoms with Crippen LogP contribution in [-0.2, 0) is 0 Å². The maximum Gasteiger partial charge on any atom is 0.0949 e. The summed E-state index contributed by atoms with van der Waals surface area (Å²) in [5.74, 6) is 0.640. The van der Waals surface area contributed by atoms with E-state index in [0.29, 0.717) is 11.8 Å². The minimum atomic E-state index is 0. The van der Waals surface area contributed by atoms with Crippen molar-refractivity contribution in [1.82, 2.24) is 5.32 Å². The average molecular weight is 200 g/mol. The molecule has 1 saturated heterocycles. The lowest BCUT2D eigenvalue weighted by Gasteiger charge is -2.20. The summed E-state index contributed by atoms with van der Waals surface area (Å²) in [4.78, 5) is 0. The lowest BCUT2D eigenvalue weighted by Crippen LogP contribution is -2.37. The van der Waals surface area contributed by atoms with Gasteiger partial charge >= 0.3 is 0 Å². The number of amidine groups is 1. The molecular formula is C6H15Cl2N3. The van der Waals surface area contributed by atoms with Crippen LogP contribution >= 0.6 is 24.8 Å². The van der Waals surface area contributed by atoms with Gasteiger partial charge < -0.3 is 11.1 Å². The van der Waals surface area contributed by atoms with Crippen molar-refractivity contribution in [3.8, 4) is 0 Å². The number of rotatable bonds is 1. The number of halogens is 2. The van der Waals surface area contributed by atoms with Crippen molar-refractivity contribution in [2.75, 3.05) is 13.1 Å². The molecule has 0 bridgehead atoms. The summed E-state index contributed by atoms with van der Waals surface area (Å²) in [6, 6.07) is 0. The van der Waals surface area contributed by atoms with Gasteiger partial charge in [-0.15, -0.1) is 24.8 Å². The van der Waals surface area contributed by atoms with Crippen LogP contribution in [0.5, 0.6) is 0 Å². The van der Waals surface area contributed by atoms with Gasteiger partial charge in [-0.25, -0.2) is 0 Å². The number of hydrogen-bond donors (Lipinski definition) is 3. The fourth-order valence-corrected chi connectivity index (χ4v) is 1.12. The Labute approximate surface area is 79.4 Å². The van der Waals surface area contributed by atoms with Crippen LogP contribution < -0.4 is 11.1 Å². The lowest BCUT2D eigenvalue weighted by molar-refractivity contribution is 0.454. The molecule has 0 aliphatic carbocycles. The molecule has 4 N–H and O–H groups in total. The minimum Gasteiger partial charge on any atom is -0.387 e. The molecule has 11 heavy (non-hydrogen) atoms. The van der Waals surface area contributed by atoms with E-state index in [2.05, 4.69) is 5.32 Å². The third-order valence-electron chi connectivity index (χ3n) is 1.74. The van der Waals surface area contributed by atoms with E-state index in [-0.39, 0.29) is 24.8 Å². The Morgan fingerprint density at radius 2 is 2.09 bits per heavy atom. The van der Waals surface area contributed by atoms with E-state index in [4.69, 9.17) is 11.1 Å². The van der Waals surface area contributed by atoms with Crippen molar-refractivity contribution in [3.63, 3.8) is 0 Å². The SMILES string of the molecule is Cl.Cl.N=C(N)C1CCCNC1. The van der Waals surface area contributed by atoms with Crippen molar-refractivity contribution in [2.24, 2.45) is 11.7 Å². The van der Waals surface area contributed by atoms with E-state index >= 15 is 0 Å². The monoisotopic (exact) mass is 199 g/mol. The molecule has 3 nitrogen and oxygen atoms in total. The second-order valence-electron chi connectivity index (χ2n) is 2.50. The summed E-state index contributed by atoms with van der Waals surface area (Å²) in [5, 5.41) is 10.3. The summed E-state index contributed by atoms with van der Waals surface area (Å²) in [6.45, 7) is 1.99. The Morgan fingerprint density at radius 3 is 2.36 bits per heavy atom. The van der Waals surface area contributed by atoms with Crippen molar-refractivity contribution in [1.29, 1.82) is 5.41 Å². The molecule has 0 radical (unpaired) electrons. The minimum absolute atomic E-state index is 0. The summed E-state index contributed by atoms with van der Waals surface area (Å²) >= 11 is 0. The van der Waals surface area contributed by atoms with Gasteiger partial charge in [-0.3, -0.25) is 5.41 Å². The molecule has 1 unspecified atom stereocenters. The first kappa shape index (κ1) is 13.6. The first-order chi connectivity index (χ1) is 4.30. The molecule has 0 saturated carbocycles. The van der Waals surface area contributed by atoms with Crippen molar-refractivity contribution < 1.29 is 0 Å². The van der Waals surface area contributed by atoms with E-state index in [1.54, 1.807) is 0 Å². The molecule has 5 heteroatoms. The molecule has 1 aliphatic heterocycles. The van der Waals surface area contributed by atoms with Crippen LogP contribution in [0.25, 0.3) is 0 Å². The quantitative estimate of drug-likeness (QED) is 0.432. The van der Waals surface area contributed by atoms with Crippen molar-refractivity contribution >= 4 is 30.6 Å². The third-order valence-corrected chi connectivity index (χ3v) is 1.74. The highest BCUT2D eigenvalue weighted by Crippen LogP contribution is 2.07. The lowest BCUT2D eigenvalue weighted by atomic mass is 9.99. The van der Waals surface area contributed by atoms with E-state index in [0.717, 1.165) is 25.9 Å². The standard InChI is InChI=1S/C6H13N3.2ClH/c7-6(8)5-2-1-3-9-4-5;;/h5,9H,1-4H2,(H3,7,8);2*1H. The van der Waals surface area contributed by atoms with Crippen LogP contribution in [0.3, 0.4) is 0 Å². The summed E-state index contributed by atoms with van der Waals surface area (Å²) < 4.78 is 0. The van der Waals surface area contributed by atoms with E-state index in [1.165, 1.54) is 0 Å². The normalized spacial score (nSPS) is 22.7. The largest absolute Gasteiger partial charge is 0.387 e. The van der Waals surface area contributed by atoms with Crippen LogP contribution in [0, 0.1) is 11.3 Å². The van der Waals surface area contributed by atoms with Gasteiger partial charge in [0.15, 0.2) is 0 Å². The zero-order valence-electron chi connectivity index (χ0n) is 6.30. The topological polar surface area (TPSA) is 61.9 Å². The van der Waals surface area contributed by atoms with E-state index < -0.39 is 0 Å². The Morgan fingerprint density at radius 1 is 1.45 bits per heavy atom. The van der Waals surface area contributed by atoms with Crippen LogP contribution in [0.4, 0.5) is 0 Å². The van der Waals surface area contributed by atoms with Gasteiger partial charge in [0.25, 0.3) is 0 Å². The van der Waals surface area contributed by atoms with Crippen LogP contribution in [0.1, 0.15) is 12.8 Å². The van der Waals surface area contributed by atoms with Crippen LogP contribution in [-0.4, -0.2) is 18.9 Å². The molecule has 1 atom stereocenters. The molecule has 0 aromatic heterocycles. The number of piperidine rings is 1. The summed E-state index contributed by atoms with van der Waals surface area (Å²) in [5.41, 5.74) is 5.31. The zero-order chi connectivity index (χ0) is 6.69. The van der Waals surface area contributed by atoms with Crippen molar-refractivity contribution in [2.45, 2.75) is 12.8 Å². The average Bonchev–Trinajstić information content (AvgIpc) is 1.90. The second-order valence-corrected chi connectivity index (χ2v) is 2.50. The Hall–Kier alpha value is 0.01000. The smallest absolute Gasteiger partial charge is 0.0949 e. The molecule has 1 heterocycles. The molecule has 0 spiro atoms. The molecule has 1 rings (SSSR count). The molecule has 0 amide bonds. The highest BCUT2D eigenvalue weighted by molar-refractivity contribution is 5.85. The van der Waals surface area contributed by atoms with Gasteiger partial charge in [0.1, 0.15) is 0 Å². The first-order valence-electron chi connectivity index (χ1n) is 3.35. The predicted octanol–water partition coefficient (Wildman–Crippen LogP) is 0.766. The van der Waals surface area contributed by atoms with Gasteiger partial charge in [-0.05, 0) is 19.4 Å². The zero-order valence-corrected chi connectivity index (χ0v) is 7.93. The van der Waals surface area contributed by atoms with Gasteiger partial charge in [0.05, 0.1) is 5.84 Å². The maximum atomic E-state index is 7.13. The first-order valence-corrected chi connectivity index (χ1v) is 3.35. The number of nitrogens with one attached hydrogen (secondary N) is 2. The van der Waals surface area contributed by atoms with Crippen LogP contribution in [0.15, 0.2) is 0 Å². The third kappa shape index (κ3) is 4.45. The highest BCUT2D eigenvalue weighted by atomic mass is 35.5. The molecule has 0 aromatic rings. The Balaban J connectivity index is 0. The highest BCUT2D eigenvalue weighted by Gasteiger charge is 2.14. The second kappa shape index (κ2) is 6.70. The van der Waals surface area contributed by atoms with Crippen LogP contribution in [0.2, 0.25) is 0 Å². The van der Waals surface area contributed by atoms with Crippen molar-refractivity contribution in [3.05, 3.63) is 0 Å². The van der Waals surface area contributed by atoms with Gasteiger partial charge in [-0.2, -0.15) is 0 Å². The predicted molar refractivity (Wildman–Crippen MR) is 52.0 cm³/mol. The fourth-order valence-electron chi connectivity index (χ4n) is 1.12.